The van der Waals surface area contributed by atoms with Crippen molar-refractivity contribution in [3.8, 4) is 0 Å². The van der Waals surface area contributed by atoms with E-state index in [9.17, 15) is 0 Å². The summed E-state index contributed by atoms with van der Waals surface area (Å²) < 4.78 is 0. The minimum absolute atomic E-state index is 0.814. The third-order valence-corrected chi connectivity index (χ3v) is 6.25. The highest BCUT2D eigenvalue weighted by Crippen LogP contribution is 2.20. The summed E-state index contributed by atoms with van der Waals surface area (Å²) in [7, 11) is 0. The maximum atomic E-state index is 5.80. The fraction of sp³-hybridized carbons (Fsp3) is 0.200. The van der Waals surface area contributed by atoms with Crippen LogP contribution in [-0.4, -0.2) is 0 Å². The van der Waals surface area contributed by atoms with Crippen molar-refractivity contribution in [2.45, 2.75) is 39.5 Å². The molecule has 4 N–H and O–H groups in total. The Kier molecular flexibility index (Phi) is 6.61. The molecule has 0 heterocycles. The quantitative estimate of drug-likeness (QED) is 0.338. The molecule has 4 aromatic carbocycles. The maximum Gasteiger partial charge on any atom is 0.0314 e. The van der Waals surface area contributed by atoms with Gasteiger partial charge in [0, 0.05) is 11.4 Å². The maximum absolute atomic E-state index is 5.80. The highest BCUT2D eigenvalue weighted by molar-refractivity contribution is 5.43. The Morgan fingerprint density at radius 2 is 0.812 bits per heavy atom. The van der Waals surface area contributed by atoms with E-state index in [0.29, 0.717) is 0 Å². The van der Waals surface area contributed by atoms with Crippen molar-refractivity contribution in [1.82, 2.24) is 0 Å². The molecule has 2 nitrogen and oxygen atoms in total. The average Bonchev–Trinajstić information content (AvgIpc) is 2.77. The fourth-order valence-electron chi connectivity index (χ4n) is 4.31. The van der Waals surface area contributed by atoms with Crippen LogP contribution in [0.15, 0.2) is 84.9 Å². The van der Waals surface area contributed by atoms with Gasteiger partial charge in [-0.1, -0.05) is 60.7 Å². The summed E-state index contributed by atoms with van der Waals surface area (Å²) in [5.74, 6) is 0. The molecule has 0 aliphatic rings. The van der Waals surface area contributed by atoms with Gasteiger partial charge in [0.2, 0.25) is 0 Å². The number of benzene rings is 4. The Balaban J connectivity index is 1.38. The van der Waals surface area contributed by atoms with E-state index < -0.39 is 0 Å². The van der Waals surface area contributed by atoms with Crippen LogP contribution in [0.1, 0.15) is 44.5 Å². The van der Waals surface area contributed by atoms with E-state index in [-0.39, 0.29) is 0 Å². The van der Waals surface area contributed by atoms with Crippen molar-refractivity contribution in [2.75, 3.05) is 11.5 Å². The largest absolute Gasteiger partial charge is 0.399 e. The molecular weight excluding hydrogens is 388 g/mol. The number of anilines is 2. The van der Waals surface area contributed by atoms with E-state index in [2.05, 4.69) is 74.5 Å². The van der Waals surface area contributed by atoms with Crippen molar-refractivity contribution in [3.05, 3.63) is 129 Å². The molecule has 0 aliphatic carbocycles. The predicted octanol–water partition coefficient (Wildman–Crippen LogP) is 6.43. The van der Waals surface area contributed by atoms with E-state index in [1.807, 2.05) is 24.3 Å². The fourth-order valence-corrected chi connectivity index (χ4v) is 4.31. The van der Waals surface area contributed by atoms with Gasteiger partial charge in [-0.25, -0.2) is 0 Å². The van der Waals surface area contributed by atoms with Crippen LogP contribution in [0.2, 0.25) is 0 Å². The first-order valence-electron chi connectivity index (χ1n) is 11.3. The standard InChI is InChI=1S/C30H32N2/c1-21-17-25(19-23-5-13-29(31)14-6-23)3-9-27(21)11-12-28-10-4-26(18-22(28)2)20-24-7-15-30(32)16-8-24/h3-10,13-18H,11-12,19-20,31-32H2,1-2H3. The van der Waals surface area contributed by atoms with Crippen molar-refractivity contribution in [3.63, 3.8) is 0 Å². The number of nitrogens with two attached hydrogens (primary N) is 2. The van der Waals surface area contributed by atoms with Crippen molar-refractivity contribution in [1.29, 1.82) is 0 Å². The van der Waals surface area contributed by atoms with Gasteiger partial charge in [-0.15, -0.1) is 0 Å². The van der Waals surface area contributed by atoms with E-state index in [1.54, 1.807) is 0 Å². The average molecular weight is 421 g/mol. The number of hydrogen-bond donors (Lipinski definition) is 2. The molecule has 0 atom stereocenters. The highest BCUT2D eigenvalue weighted by atomic mass is 14.5. The lowest BCUT2D eigenvalue weighted by molar-refractivity contribution is 0.934. The molecule has 0 fully saturated rings. The molecule has 0 spiro atoms. The number of nitrogen functional groups attached to an aromatic ring is 2. The van der Waals surface area contributed by atoms with Gasteiger partial charge in [0.1, 0.15) is 0 Å². The second kappa shape index (κ2) is 9.74. The van der Waals surface area contributed by atoms with Gasteiger partial charge in [-0.05, 0) is 108 Å². The Labute approximate surface area is 191 Å². The highest BCUT2D eigenvalue weighted by Gasteiger charge is 2.06. The molecule has 4 rings (SSSR count). The van der Waals surface area contributed by atoms with Gasteiger partial charge in [0.05, 0.1) is 0 Å². The van der Waals surface area contributed by atoms with Crippen LogP contribution in [0.4, 0.5) is 11.4 Å². The first-order valence-corrected chi connectivity index (χ1v) is 11.3. The first-order chi connectivity index (χ1) is 15.5. The molecule has 0 bridgehead atoms. The van der Waals surface area contributed by atoms with Crippen LogP contribution in [0, 0.1) is 13.8 Å². The normalized spacial score (nSPS) is 10.9. The van der Waals surface area contributed by atoms with Gasteiger partial charge < -0.3 is 11.5 Å². The van der Waals surface area contributed by atoms with Crippen molar-refractivity contribution in [2.24, 2.45) is 0 Å². The zero-order valence-electron chi connectivity index (χ0n) is 19.1. The summed E-state index contributed by atoms with van der Waals surface area (Å²) in [4.78, 5) is 0. The molecule has 0 saturated heterocycles. The molecule has 0 aliphatic heterocycles. The van der Waals surface area contributed by atoms with Crippen LogP contribution < -0.4 is 11.5 Å². The summed E-state index contributed by atoms with van der Waals surface area (Å²) in [5, 5.41) is 0. The molecule has 0 aromatic heterocycles. The first kappa shape index (κ1) is 21.7. The third kappa shape index (κ3) is 5.59. The third-order valence-electron chi connectivity index (χ3n) is 6.25. The zero-order valence-corrected chi connectivity index (χ0v) is 19.1. The molecule has 0 unspecified atom stereocenters. The minimum Gasteiger partial charge on any atom is -0.399 e. The number of rotatable bonds is 7. The predicted molar refractivity (Wildman–Crippen MR) is 137 cm³/mol. The summed E-state index contributed by atoms with van der Waals surface area (Å²) >= 11 is 0. The monoisotopic (exact) mass is 420 g/mol. The summed E-state index contributed by atoms with van der Waals surface area (Å²) in [5.41, 5.74) is 24.1. The summed E-state index contributed by atoms with van der Waals surface area (Å²) in [6.45, 7) is 4.45. The smallest absolute Gasteiger partial charge is 0.0314 e. The Morgan fingerprint density at radius 3 is 1.16 bits per heavy atom. The minimum atomic E-state index is 0.814. The van der Waals surface area contributed by atoms with Gasteiger partial charge in [0.15, 0.2) is 0 Å². The van der Waals surface area contributed by atoms with Crippen LogP contribution in [0.25, 0.3) is 0 Å². The lowest BCUT2D eigenvalue weighted by Gasteiger charge is -2.12. The molecule has 2 heteroatoms. The molecule has 4 aromatic rings. The Morgan fingerprint density at radius 1 is 0.469 bits per heavy atom. The van der Waals surface area contributed by atoms with Gasteiger partial charge in [0.25, 0.3) is 0 Å². The molecule has 32 heavy (non-hydrogen) atoms. The van der Waals surface area contributed by atoms with Crippen LogP contribution in [0.5, 0.6) is 0 Å². The van der Waals surface area contributed by atoms with E-state index in [4.69, 9.17) is 11.5 Å². The summed E-state index contributed by atoms with van der Waals surface area (Å²) in [6, 6.07) is 30.1. The van der Waals surface area contributed by atoms with Gasteiger partial charge >= 0.3 is 0 Å². The van der Waals surface area contributed by atoms with E-state index in [1.165, 1.54) is 44.5 Å². The van der Waals surface area contributed by atoms with Crippen molar-refractivity contribution < 1.29 is 0 Å². The second-order valence-corrected chi connectivity index (χ2v) is 8.86. The molecule has 0 radical (unpaired) electrons. The lowest BCUT2D eigenvalue weighted by atomic mass is 9.93. The molecule has 0 saturated carbocycles. The van der Waals surface area contributed by atoms with Crippen molar-refractivity contribution >= 4 is 11.4 Å². The summed E-state index contributed by atoms with van der Waals surface area (Å²) in [6.07, 6.45) is 4.00. The number of aryl methyl sites for hydroxylation is 4. The van der Waals surface area contributed by atoms with Crippen LogP contribution in [-0.2, 0) is 25.7 Å². The van der Waals surface area contributed by atoms with E-state index in [0.717, 1.165) is 37.1 Å². The lowest BCUT2D eigenvalue weighted by Crippen LogP contribution is -1.99. The van der Waals surface area contributed by atoms with Gasteiger partial charge in [-0.2, -0.15) is 0 Å². The number of hydrogen-bond acceptors (Lipinski definition) is 2. The molecule has 0 amide bonds. The zero-order chi connectivity index (χ0) is 22.5. The van der Waals surface area contributed by atoms with Crippen LogP contribution >= 0.6 is 0 Å². The SMILES string of the molecule is Cc1cc(Cc2ccc(N)cc2)ccc1CCc1ccc(Cc2ccc(N)cc2)cc1C. The molecular formula is C30H32N2. The molecule has 162 valence electrons. The second-order valence-electron chi connectivity index (χ2n) is 8.86. The Hall–Kier alpha value is -3.52. The van der Waals surface area contributed by atoms with Crippen LogP contribution in [0.3, 0.4) is 0 Å². The topological polar surface area (TPSA) is 52.0 Å². The van der Waals surface area contributed by atoms with E-state index >= 15 is 0 Å². The van der Waals surface area contributed by atoms with Gasteiger partial charge in [-0.3, -0.25) is 0 Å². The Bertz CT molecular complexity index is 1090.